The molecule has 34 heavy (non-hydrogen) atoms. The maximum Gasteiger partial charge on any atom is 0.343 e. The van der Waals surface area contributed by atoms with Crippen molar-refractivity contribution >= 4 is 24.3 Å². The predicted molar refractivity (Wildman–Crippen MR) is 110 cm³/mol. The van der Waals surface area contributed by atoms with Gasteiger partial charge >= 0.3 is 13.6 Å². The van der Waals surface area contributed by atoms with Crippen molar-refractivity contribution < 1.29 is 49.5 Å². The second-order valence-corrected chi connectivity index (χ2v) is 8.96. The molecule has 0 heterocycles. The third kappa shape index (κ3) is 5.11. The molecule has 0 aliphatic carbocycles. The standard InChI is InChI=1S/C22H17F6O5P/c1-3-31-34(30,32-4-2)10-11-7-13-9-12(5-6-14(13)15(23)8-11)22(29)33-21-19(27)17(25)16(24)18(26)20(21)28/h5-9H,3-4,10H2,1-2H3. The topological polar surface area (TPSA) is 61.8 Å². The molecular weight excluding hydrogens is 489 g/mol. The van der Waals surface area contributed by atoms with E-state index in [1.807, 2.05) is 0 Å². The molecule has 0 radical (unpaired) electrons. The Kier molecular flexibility index (Phi) is 7.70. The Balaban J connectivity index is 1.97. The van der Waals surface area contributed by atoms with Gasteiger partial charge in [0.05, 0.1) is 24.9 Å². The van der Waals surface area contributed by atoms with E-state index >= 15 is 0 Å². The second kappa shape index (κ2) is 10.2. The van der Waals surface area contributed by atoms with Crippen molar-refractivity contribution in [1.29, 1.82) is 0 Å². The number of benzene rings is 3. The normalized spacial score (nSPS) is 11.8. The predicted octanol–water partition coefficient (Wildman–Crippen LogP) is 6.66. The molecule has 0 fully saturated rings. The van der Waals surface area contributed by atoms with Crippen molar-refractivity contribution in [1.82, 2.24) is 0 Å². The highest BCUT2D eigenvalue weighted by atomic mass is 31.2. The first-order valence-corrected chi connectivity index (χ1v) is 11.6. The Hall–Kier alpha value is -2.88. The van der Waals surface area contributed by atoms with E-state index in [9.17, 15) is 35.7 Å². The molecule has 0 aliphatic heterocycles. The molecule has 0 unspecified atom stereocenters. The third-order valence-electron chi connectivity index (χ3n) is 4.59. The van der Waals surface area contributed by atoms with Crippen molar-refractivity contribution in [2.24, 2.45) is 0 Å². The van der Waals surface area contributed by atoms with Gasteiger partial charge in [0.15, 0.2) is 0 Å². The largest absolute Gasteiger partial charge is 0.416 e. The highest BCUT2D eigenvalue weighted by Gasteiger charge is 2.29. The third-order valence-corrected chi connectivity index (χ3v) is 6.65. The number of carbonyl (C=O) groups excluding carboxylic acids is 1. The molecule has 3 aromatic rings. The molecule has 0 N–H and O–H groups in total. The molecule has 0 atom stereocenters. The lowest BCUT2D eigenvalue weighted by Crippen LogP contribution is -2.13. The molecule has 3 aromatic carbocycles. The second-order valence-electron chi connectivity index (χ2n) is 6.91. The number of rotatable bonds is 8. The van der Waals surface area contributed by atoms with Gasteiger partial charge in [-0.2, -0.15) is 8.78 Å². The fourth-order valence-corrected chi connectivity index (χ4v) is 4.85. The Morgan fingerprint density at radius 3 is 1.94 bits per heavy atom. The number of esters is 1. The van der Waals surface area contributed by atoms with Crippen LogP contribution in [-0.2, 0) is 19.8 Å². The van der Waals surface area contributed by atoms with Gasteiger partial charge in [-0.1, -0.05) is 12.1 Å². The maximum absolute atomic E-state index is 14.6. The van der Waals surface area contributed by atoms with Gasteiger partial charge in [-0.25, -0.2) is 22.4 Å². The zero-order valence-corrected chi connectivity index (χ0v) is 18.7. The molecule has 0 saturated heterocycles. The van der Waals surface area contributed by atoms with Crippen LogP contribution >= 0.6 is 7.60 Å². The van der Waals surface area contributed by atoms with Gasteiger partial charge in [0, 0.05) is 5.39 Å². The summed E-state index contributed by atoms with van der Waals surface area (Å²) in [5.41, 5.74) is -0.161. The van der Waals surface area contributed by atoms with E-state index in [-0.39, 0.29) is 41.3 Å². The van der Waals surface area contributed by atoms with Gasteiger partial charge in [0.2, 0.25) is 34.8 Å². The van der Waals surface area contributed by atoms with Crippen LogP contribution in [0.5, 0.6) is 5.75 Å². The molecular formula is C22H17F6O5P. The Bertz CT molecular complexity index is 1270. The molecule has 0 aromatic heterocycles. The molecule has 182 valence electrons. The highest BCUT2D eigenvalue weighted by molar-refractivity contribution is 7.53. The van der Waals surface area contributed by atoms with E-state index in [4.69, 9.17) is 9.05 Å². The zero-order valence-electron chi connectivity index (χ0n) is 17.8. The Morgan fingerprint density at radius 1 is 0.824 bits per heavy atom. The molecule has 5 nitrogen and oxygen atoms in total. The molecule has 0 spiro atoms. The lowest BCUT2D eigenvalue weighted by Gasteiger charge is -2.17. The Labute approximate surface area is 189 Å². The number of ether oxygens (including phenoxy) is 1. The summed E-state index contributed by atoms with van der Waals surface area (Å²) in [7, 11) is -3.58. The van der Waals surface area contributed by atoms with E-state index in [0.29, 0.717) is 0 Å². The average molecular weight is 506 g/mol. The summed E-state index contributed by atoms with van der Waals surface area (Å²) in [5.74, 6) is -15.5. The lowest BCUT2D eigenvalue weighted by atomic mass is 10.0. The van der Waals surface area contributed by atoms with Crippen molar-refractivity contribution in [2.75, 3.05) is 13.2 Å². The fraction of sp³-hybridized carbons (Fsp3) is 0.227. The van der Waals surface area contributed by atoms with Gasteiger partial charge in [-0.15, -0.1) is 0 Å². The van der Waals surface area contributed by atoms with Crippen LogP contribution in [-0.4, -0.2) is 19.2 Å². The van der Waals surface area contributed by atoms with E-state index in [1.165, 1.54) is 6.07 Å². The van der Waals surface area contributed by atoms with Crippen LogP contribution in [0.4, 0.5) is 26.3 Å². The van der Waals surface area contributed by atoms with Crippen LogP contribution in [0.15, 0.2) is 30.3 Å². The minimum absolute atomic E-state index is 0.0409. The molecule has 0 bridgehead atoms. The van der Waals surface area contributed by atoms with Crippen molar-refractivity contribution in [3.05, 3.63) is 76.4 Å². The van der Waals surface area contributed by atoms with Crippen LogP contribution in [0.3, 0.4) is 0 Å². The maximum atomic E-state index is 14.6. The summed E-state index contributed by atoms with van der Waals surface area (Å²) in [6.07, 6.45) is -0.277. The fourth-order valence-electron chi connectivity index (χ4n) is 3.17. The van der Waals surface area contributed by atoms with Crippen LogP contribution in [0, 0.1) is 34.9 Å². The zero-order chi connectivity index (χ0) is 25.2. The number of hydrogen-bond acceptors (Lipinski definition) is 5. The summed E-state index contributed by atoms with van der Waals surface area (Å²) in [4.78, 5) is 12.4. The van der Waals surface area contributed by atoms with E-state index in [1.54, 1.807) is 13.8 Å². The number of fused-ring (bicyclic) bond motifs is 1. The van der Waals surface area contributed by atoms with Crippen LogP contribution in [0.25, 0.3) is 10.8 Å². The van der Waals surface area contributed by atoms with Gasteiger partial charge in [-0.05, 0) is 43.0 Å². The molecule has 0 saturated carbocycles. The van der Waals surface area contributed by atoms with Crippen molar-refractivity contribution in [2.45, 2.75) is 20.0 Å². The first kappa shape index (κ1) is 25.7. The number of halogens is 6. The average Bonchev–Trinajstić information content (AvgIpc) is 2.79. The first-order valence-electron chi connectivity index (χ1n) is 9.85. The number of carbonyl (C=O) groups is 1. The van der Waals surface area contributed by atoms with Crippen molar-refractivity contribution in [3.63, 3.8) is 0 Å². The van der Waals surface area contributed by atoms with E-state index in [2.05, 4.69) is 4.74 Å². The highest BCUT2D eigenvalue weighted by Crippen LogP contribution is 2.51. The van der Waals surface area contributed by atoms with Gasteiger partial charge in [0.1, 0.15) is 5.82 Å². The van der Waals surface area contributed by atoms with Crippen LogP contribution < -0.4 is 4.74 Å². The first-order chi connectivity index (χ1) is 16.0. The molecule has 0 aliphatic rings. The summed E-state index contributed by atoms with van der Waals surface area (Å²) in [6, 6.07) is 5.79. The van der Waals surface area contributed by atoms with Gasteiger partial charge in [-0.3, -0.25) is 4.57 Å². The van der Waals surface area contributed by atoms with E-state index < -0.39 is 54.2 Å². The summed E-state index contributed by atoms with van der Waals surface area (Å²) < 4.78 is 110. The smallest absolute Gasteiger partial charge is 0.343 e. The molecule has 3 rings (SSSR count). The van der Waals surface area contributed by atoms with Gasteiger partial charge < -0.3 is 13.8 Å². The summed E-state index contributed by atoms with van der Waals surface area (Å²) in [6.45, 7) is 3.38. The van der Waals surface area contributed by atoms with Crippen LogP contribution in [0.2, 0.25) is 0 Å². The summed E-state index contributed by atoms with van der Waals surface area (Å²) >= 11 is 0. The monoisotopic (exact) mass is 506 g/mol. The minimum Gasteiger partial charge on any atom is -0.416 e. The number of hydrogen-bond donors (Lipinski definition) is 0. The lowest BCUT2D eigenvalue weighted by molar-refractivity contribution is 0.0716. The Morgan fingerprint density at radius 2 is 1.38 bits per heavy atom. The molecule has 0 amide bonds. The minimum atomic E-state index is -3.58. The van der Waals surface area contributed by atoms with Gasteiger partial charge in [0.25, 0.3) is 0 Å². The van der Waals surface area contributed by atoms with Crippen molar-refractivity contribution in [3.8, 4) is 5.75 Å². The molecule has 12 heteroatoms. The SMILES string of the molecule is CCOP(=O)(Cc1cc(F)c2ccc(C(=O)Oc3c(F)c(F)c(F)c(F)c3F)cc2c1)OCC. The summed E-state index contributed by atoms with van der Waals surface area (Å²) in [5, 5.41) is 0.153. The van der Waals surface area contributed by atoms with Crippen LogP contribution in [0.1, 0.15) is 29.8 Å². The quantitative estimate of drug-likeness (QED) is 0.0854. The van der Waals surface area contributed by atoms with E-state index in [0.717, 1.165) is 24.3 Å².